The highest BCUT2D eigenvalue weighted by atomic mass is 32.2. The second-order valence-corrected chi connectivity index (χ2v) is 9.82. The van der Waals surface area contributed by atoms with Crippen LogP contribution in [0.25, 0.3) is 0 Å². The van der Waals surface area contributed by atoms with Gasteiger partial charge in [-0.1, -0.05) is 13.8 Å². The first kappa shape index (κ1) is 24.9. The fourth-order valence-corrected chi connectivity index (χ4v) is 4.32. The van der Waals surface area contributed by atoms with Gasteiger partial charge >= 0.3 is 5.97 Å². The molecule has 3 N–H and O–H groups in total. The number of primary sulfonamides is 1. The number of ether oxygens (including phenoxy) is 1. The van der Waals surface area contributed by atoms with Gasteiger partial charge in [-0.2, -0.15) is 5.26 Å². The van der Waals surface area contributed by atoms with Gasteiger partial charge in [-0.3, -0.25) is 9.59 Å². The number of hydrogen-bond acceptors (Lipinski definition) is 6. The van der Waals surface area contributed by atoms with Gasteiger partial charge in [0.25, 0.3) is 0 Å². The summed E-state index contributed by atoms with van der Waals surface area (Å²) in [6.45, 7) is 7.08. The molecule has 162 valence electrons. The smallest absolute Gasteiger partial charge is 0.311 e. The number of carbonyl (C=O) groups excluding carboxylic acids is 2. The number of hydrogen-bond donors (Lipinski definition) is 2. The van der Waals surface area contributed by atoms with Crippen molar-refractivity contribution in [3.63, 3.8) is 0 Å². The second-order valence-electron chi connectivity index (χ2n) is 8.20. The zero-order chi connectivity index (χ0) is 22.5. The molecule has 0 spiro atoms. The molecule has 1 aliphatic rings. The van der Waals surface area contributed by atoms with E-state index in [0.29, 0.717) is 18.5 Å². The van der Waals surface area contributed by atoms with Gasteiger partial charge in [-0.05, 0) is 58.1 Å². The molecule has 1 aliphatic carbocycles. The molecule has 0 heterocycles. The first-order valence-corrected chi connectivity index (χ1v) is 11.1. The minimum absolute atomic E-state index is 0.123. The number of allylic oxidation sites excluding steroid dienone is 4. The summed E-state index contributed by atoms with van der Waals surface area (Å²) in [6.07, 6.45) is 4.45. The number of esters is 1. The van der Waals surface area contributed by atoms with Crippen molar-refractivity contribution >= 4 is 21.9 Å². The first-order valence-electron chi connectivity index (χ1n) is 9.53. The van der Waals surface area contributed by atoms with E-state index in [0.717, 1.165) is 0 Å². The first-order chi connectivity index (χ1) is 13.3. The van der Waals surface area contributed by atoms with Gasteiger partial charge < -0.3 is 10.1 Å². The summed E-state index contributed by atoms with van der Waals surface area (Å²) < 4.78 is 27.8. The van der Waals surface area contributed by atoms with Crippen LogP contribution in [-0.4, -0.2) is 27.4 Å². The lowest BCUT2D eigenvalue weighted by Gasteiger charge is -2.37. The number of carbonyl (C=O) groups is 2. The molecule has 8 nitrogen and oxygen atoms in total. The van der Waals surface area contributed by atoms with E-state index < -0.39 is 26.8 Å². The third-order valence-corrected chi connectivity index (χ3v) is 6.59. The number of sulfonamides is 1. The molecule has 0 aromatic rings. The number of nitrogens with zero attached hydrogens (tertiary/aromatic N) is 1. The minimum atomic E-state index is -3.74. The van der Waals surface area contributed by atoms with E-state index in [1.54, 1.807) is 20.8 Å². The Labute approximate surface area is 173 Å². The molecular formula is C20H31N3O5S. The van der Waals surface area contributed by atoms with Crippen molar-refractivity contribution in [3.05, 3.63) is 22.8 Å². The Hall–Kier alpha value is -2.18. The summed E-state index contributed by atoms with van der Waals surface area (Å²) >= 11 is 0. The van der Waals surface area contributed by atoms with E-state index in [2.05, 4.69) is 11.4 Å². The predicted molar refractivity (Wildman–Crippen MR) is 109 cm³/mol. The lowest BCUT2D eigenvalue weighted by molar-refractivity contribution is -0.156. The van der Waals surface area contributed by atoms with E-state index >= 15 is 0 Å². The van der Waals surface area contributed by atoms with E-state index in [4.69, 9.17) is 15.1 Å². The number of amides is 1. The molecule has 0 aliphatic heterocycles. The fourth-order valence-electron chi connectivity index (χ4n) is 3.68. The average molecular weight is 426 g/mol. The Morgan fingerprint density at radius 3 is 2.34 bits per heavy atom. The van der Waals surface area contributed by atoms with E-state index in [9.17, 15) is 18.0 Å². The van der Waals surface area contributed by atoms with E-state index in [-0.39, 0.29) is 36.0 Å². The maximum Gasteiger partial charge on any atom is 0.311 e. The summed E-state index contributed by atoms with van der Waals surface area (Å²) in [5.41, 5.74) is -1.29. The topological polar surface area (TPSA) is 139 Å². The molecule has 3 atom stereocenters. The Kier molecular flexibility index (Phi) is 8.18. The standard InChI is InChI=1S/C20H31N3O5S/c1-6-19(3,13-20(4,18(25)28-5)11-14(2)12-21)17(24)23-15-7-9-16(10-8-15)29(22,26)27/h7,9,14H,6,8,10-11,13H2,1-5H3,(H,23,24)(H2,22,26,27). The summed E-state index contributed by atoms with van der Waals surface area (Å²) in [6, 6.07) is 2.13. The summed E-state index contributed by atoms with van der Waals surface area (Å²) in [7, 11) is -2.44. The van der Waals surface area contributed by atoms with Crippen LogP contribution in [-0.2, 0) is 24.3 Å². The molecule has 1 amide bonds. The largest absolute Gasteiger partial charge is 0.469 e. The molecule has 0 bridgehead atoms. The molecular weight excluding hydrogens is 394 g/mol. The third kappa shape index (κ3) is 6.41. The van der Waals surface area contributed by atoms with Gasteiger partial charge in [0, 0.05) is 17.0 Å². The van der Waals surface area contributed by atoms with Crippen LogP contribution in [0, 0.1) is 28.1 Å². The number of nitrogens with one attached hydrogen (secondary N) is 1. The predicted octanol–water partition coefficient (Wildman–Crippen LogP) is 2.49. The normalized spacial score (nSPS) is 19.5. The molecule has 0 saturated heterocycles. The third-order valence-electron chi connectivity index (χ3n) is 5.51. The highest BCUT2D eigenvalue weighted by Gasteiger charge is 2.45. The van der Waals surface area contributed by atoms with E-state index in [1.807, 2.05) is 6.92 Å². The molecule has 0 aromatic heterocycles. The van der Waals surface area contributed by atoms with Crippen molar-refractivity contribution in [2.75, 3.05) is 7.11 Å². The minimum Gasteiger partial charge on any atom is -0.469 e. The van der Waals surface area contributed by atoms with Crippen LogP contribution in [0.1, 0.15) is 59.8 Å². The van der Waals surface area contributed by atoms with Crippen molar-refractivity contribution in [2.24, 2.45) is 21.9 Å². The fraction of sp³-hybridized carbons (Fsp3) is 0.650. The van der Waals surface area contributed by atoms with Gasteiger partial charge in [-0.15, -0.1) is 0 Å². The number of rotatable bonds is 9. The Balaban J connectivity index is 3.07. The van der Waals surface area contributed by atoms with Gasteiger partial charge in [0.15, 0.2) is 0 Å². The maximum atomic E-state index is 13.1. The number of nitriles is 1. The van der Waals surface area contributed by atoms with Crippen LogP contribution < -0.4 is 10.5 Å². The highest BCUT2D eigenvalue weighted by molar-refractivity contribution is 7.93. The molecule has 3 unspecified atom stereocenters. The Morgan fingerprint density at radius 1 is 1.31 bits per heavy atom. The molecule has 0 aromatic carbocycles. The lowest BCUT2D eigenvalue weighted by atomic mass is 9.67. The summed E-state index contributed by atoms with van der Waals surface area (Å²) in [5, 5.41) is 17.2. The molecule has 9 heteroatoms. The molecule has 0 radical (unpaired) electrons. The zero-order valence-electron chi connectivity index (χ0n) is 17.7. The number of methoxy groups -OCH3 is 1. The van der Waals surface area contributed by atoms with Gasteiger partial charge in [0.2, 0.25) is 15.9 Å². The second kappa shape index (κ2) is 9.55. The van der Waals surface area contributed by atoms with E-state index in [1.165, 1.54) is 19.3 Å². The van der Waals surface area contributed by atoms with Crippen molar-refractivity contribution in [1.82, 2.24) is 5.32 Å². The summed E-state index contributed by atoms with van der Waals surface area (Å²) in [4.78, 5) is 25.6. The van der Waals surface area contributed by atoms with Crippen molar-refractivity contribution in [2.45, 2.75) is 59.8 Å². The number of nitrogens with two attached hydrogens (primary N) is 1. The molecule has 0 fully saturated rings. The Morgan fingerprint density at radius 2 is 1.93 bits per heavy atom. The van der Waals surface area contributed by atoms with Gasteiger partial charge in [0.1, 0.15) is 0 Å². The lowest BCUT2D eigenvalue weighted by Crippen LogP contribution is -2.44. The Bertz CT molecular complexity index is 856. The molecule has 1 rings (SSSR count). The highest BCUT2D eigenvalue weighted by Crippen LogP contribution is 2.42. The van der Waals surface area contributed by atoms with Gasteiger partial charge in [-0.25, -0.2) is 13.6 Å². The van der Waals surface area contributed by atoms with Crippen LogP contribution >= 0.6 is 0 Å². The van der Waals surface area contributed by atoms with Crippen LogP contribution in [0.2, 0.25) is 0 Å². The average Bonchev–Trinajstić information content (AvgIpc) is 2.66. The zero-order valence-corrected chi connectivity index (χ0v) is 18.6. The van der Waals surface area contributed by atoms with Crippen LogP contribution in [0.15, 0.2) is 22.8 Å². The SMILES string of the molecule is CCC(C)(CC(C)(CC(C)C#N)C(=O)OC)C(=O)NC1=CC=C(S(N)(=O)=O)CC1. The summed E-state index contributed by atoms with van der Waals surface area (Å²) in [5.74, 6) is -1.09. The molecule has 29 heavy (non-hydrogen) atoms. The molecule has 0 saturated carbocycles. The van der Waals surface area contributed by atoms with Crippen molar-refractivity contribution in [3.8, 4) is 6.07 Å². The monoisotopic (exact) mass is 425 g/mol. The van der Waals surface area contributed by atoms with Crippen LogP contribution in [0.4, 0.5) is 0 Å². The maximum absolute atomic E-state index is 13.1. The van der Waals surface area contributed by atoms with Gasteiger partial charge in [0.05, 0.1) is 23.5 Å². The van der Waals surface area contributed by atoms with Crippen LogP contribution in [0.3, 0.4) is 0 Å². The van der Waals surface area contributed by atoms with Crippen molar-refractivity contribution in [1.29, 1.82) is 5.26 Å². The van der Waals surface area contributed by atoms with Crippen LogP contribution in [0.5, 0.6) is 0 Å². The quantitative estimate of drug-likeness (QED) is 0.544. The van der Waals surface area contributed by atoms with Crippen molar-refractivity contribution < 1.29 is 22.7 Å².